The van der Waals surface area contributed by atoms with Gasteiger partial charge in [0, 0.05) is 23.7 Å². The molecule has 5 heteroatoms. The molecule has 0 saturated heterocycles. The van der Waals surface area contributed by atoms with Crippen LogP contribution >= 0.6 is 0 Å². The Morgan fingerprint density at radius 3 is 2.52 bits per heavy atom. The van der Waals surface area contributed by atoms with Gasteiger partial charge in [-0.3, -0.25) is 5.10 Å². The van der Waals surface area contributed by atoms with Crippen molar-refractivity contribution in [3.63, 3.8) is 0 Å². The van der Waals surface area contributed by atoms with Crippen LogP contribution in [0.1, 0.15) is 11.3 Å². The number of hydrogen-bond acceptors (Lipinski definition) is 4. The van der Waals surface area contributed by atoms with Gasteiger partial charge in [0.05, 0.1) is 0 Å². The van der Waals surface area contributed by atoms with Gasteiger partial charge in [-0.2, -0.15) is 5.10 Å². The quantitative estimate of drug-likeness (QED) is 0.500. The molecule has 2 heterocycles. The van der Waals surface area contributed by atoms with Gasteiger partial charge < -0.3 is 10.6 Å². The van der Waals surface area contributed by atoms with Gasteiger partial charge in [-0.25, -0.2) is 4.98 Å². The highest BCUT2D eigenvalue weighted by Gasteiger charge is 2.07. The lowest BCUT2D eigenvalue weighted by Crippen LogP contribution is -2.04. The maximum absolute atomic E-state index is 4.74. The summed E-state index contributed by atoms with van der Waals surface area (Å²) in [6.45, 7) is 2.70. The van der Waals surface area contributed by atoms with Crippen LogP contribution < -0.4 is 10.6 Å². The van der Waals surface area contributed by atoms with Crippen molar-refractivity contribution in [3.05, 3.63) is 78.0 Å². The Kier molecular flexibility index (Phi) is 4.04. The summed E-state index contributed by atoms with van der Waals surface area (Å²) in [4.78, 5) is 4.74. The van der Waals surface area contributed by atoms with Crippen LogP contribution in [0.4, 0.5) is 17.5 Å². The normalized spacial score (nSPS) is 10.8. The number of benzene rings is 2. The molecule has 0 bridgehead atoms. The zero-order valence-corrected chi connectivity index (χ0v) is 14.0. The van der Waals surface area contributed by atoms with E-state index in [1.165, 1.54) is 5.56 Å². The first-order valence-corrected chi connectivity index (χ1v) is 8.24. The number of rotatable bonds is 5. The van der Waals surface area contributed by atoms with E-state index in [0.29, 0.717) is 0 Å². The molecule has 0 spiro atoms. The predicted octanol–water partition coefficient (Wildman–Crippen LogP) is 4.62. The van der Waals surface area contributed by atoms with Crippen molar-refractivity contribution in [2.45, 2.75) is 13.5 Å². The lowest BCUT2D eigenvalue weighted by Gasteiger charge is -2.12. The lowest BCUT2D eigenvalue weighted by molar-refractivity contribution is 1.05. The van der Waals surface area contributed by atoms with Crippen molar-refractivity contribution in [1.82, 2.24) is 15.2 Å². The smallest absolute Gasteiger partial charge is 0.153 e. The Hall–Kier alpha value is -3.34. The summed E-state index contributed by atoms with van der Waals surface area (Å²) in [6.07, 6.45) is 0. The average molecular weight is 329 g/mol. The highest BCUT2D eigenvalue weighted by molar-refractivity contribution is 5.94. The van der Waals surface area contributed by atoms with E-state index in [-0.39, 0.29) is 0 Å². The topological polar surface area (TPSA) is 65.6 Å². The molecular weight excluding hydrogens is 310 g/mol. The first kappa shape index (κ1) is 15.2. The molecule has 0 aliphatic carbocycles. The summed E-state index contributed by atoms with van der Waals surface area (Å²) < 4.78 is 0. The minimum atomic E-state index is 0.725. The van der Waals surface area contributed by atoms with Gasteiger partial charge in [0.1, 0.15) is 11.6 Å². The van der Waals surface area contributed by atoms with Crippen molar-refractivity contribution in [1.29, 1.82) is 0 Å². The Labute approximate surface area is 146 Å². The largest absolute Gasteiger partial charge is 0.365 e. The molecule has 5 nitrogen and oxygen atoms in total. The Balaban J connectivity index is 1.66. The first-order valence-electron chi connectivity index (χ1n) is 8.24. The fraction of sp³-hybridized carbons (Fsp3) is 0.100. The zero-order chi connectivity index (χ0) is 17.1. The van der Waals surface area contributed by atoms with E-state index < -0.39 is 0 Å². The van der Waals surface area contributed by atoms with Crippen LogP contribution in [0.25, 0.3) is 10.8 Å². The number of hydrogen-bond donors (Lipinski definition) is 3. The first-order chi connectivity index (χ1) is 12.3. The van der Waals surface area contributed by atoms with Gasteiger partial charge in [-0.1, -0.05) is 54.6 Å². The number of aromatic nitrogens is 3. The van der Waals surface area contributed by atoms with Gasteiger partial charge in [0.25, 0.3) is 0 Å². The predicted molar refractivity (Wildman–Crippen MR) is 102 cm³/mol. The third kappa shape index (κ3) is 3.45. The van der Waals surface area contributed by atoms with E-state index >= 15 is 0 Å². The molecule has 0 atom stereocenters. The number of fused-ring (bicyclic) bond motifs is 1. The summed E-state index contributed by atoms with van der Waals surface area (Å²) in [5, 5.41) is 16.1. The number of nitrogens with one attached hydrogen (secondary N) is 3. The lowest BCUT2D eigenvalue weighted by atomic mass is 10.1. The monoisotopic (exact) mass is 329 g/mol. The SMILES string of the molecule is Cc1cc(Nc2cc3ccccc3c(NCc3ccccc3)n2)n[nH]1. The van der Waals surface area contributed by atoms with Crippen LogP contribution in [0.15, 0.2) is 66.7 Å². The third-order valence-electron chi connectivity index (χ3n) is 4.01. The van der Waals surface area contributed by atoms with Gasteiger partial charge >= 0.3 is 0 Å². The van der Waals surface area contributed by atoms with Crippen LogP contribution in [0.2, 0.25) is 0 Å². The minimum Gasteiger partial charge on any atom is -0.365 e. The van der Waals surface area contributed by atoms with Crippen LogP contribution in [0.3, 0.4) is 0 Å². The molecule has 0 amide bonds. The highest BCUT2D eigenvalue weighted by Crippen LogP contribution is 2.26. The van der Waals surface area contributed by atoms with E-state index in [1.54, 1.807) is 0 Å². The molecule has 3 N–H and O–H groups in total. The molecule has 2 aromatic carbocycles. The highest BCUT2D eigenvalue weighted by atomic mass is 15.2. The molecule has 25 heavy (non-hydrogen) atoms. The number of anilines is 3. The fourth-order valence-corrected chi connectivity index (χ4v) is 2.79. The number of nitrogens with zero attached hydrogens (tertiary/aromatic N) is 2. The summed E-state index contributed by atoms with van der Waals surface area (Å²) in [6, 6.07) is 22.5. The van der Waals surface area contributed by atoms with Crippen molar-refractivity contribution in [3.8, 4) is 0 Å². The summed E-state index contributed by atoms with van der Waals surface area (Å²) in [5.41, 5.74) is 2.22. The van der Waals surface area contributed by atoms with Gasteiger partial charge in [0.2, 0.25) is 0 Å². The second-order valence-electron chi connectivity index (χ2n) is 5.98. The van der Waals surface area contributed by atoms with Gasteiger partial charge in [0.15, 0.2) is 5.82 Å². The summed E-state index contributed by atoms with van der Waals surface area (Å²) >= 11 is 0. The molecule has 0 radical (unpaired) electrons. The number of H-pyrrole nitrogens is 1. The summed E-state index contributed by atoms with van der Waals surface area (Å²) in [7, 11) is 0. The molecule has 0 fully saturated rings. The van der Waals surface area contributed by atoms with Crippen LogP contribution in [-0.4, -0.2) is 15.2 Å². The number of pyridine rings is 1. The molecule has 4 aromatic rings. The van der Waals surface area contributed by atoms with Crippen LogP contribution in [-0.2, 0) is 6.54 Å². The van der Waals surface area contributed by atoms with Crippen molar-refractivity contribution in [2.24, 2.45) is 0 Å². The van der Waals surface area contributed by atoms with E-state index in [9.17, 15) is 0 Å². The van der Waals surface area contributed by atoms with Gasteiger partial charge in [-0.15, -0.1) is 0 Å². The van der Waals surface area contributed by atoms with Crippen LogP contribution in [0.5, 0.6) is 0 Å². The number of aromatic amines is 1. The van der Waals surface area contributed by atoms with Crippen molar-refractivity contribution in [2.75, 3.05) is 10.6 Å². The molecular formula is C20H19N5. The Morgan fingerprint density at radius 2 is 1.72 bits per heavy atom. The van der Waals surface area contributed by atoms with Crippen LogP contribution in [0, 0.1) is 6.92 Å². The van der Waals surface area contributed by atoms with Crippen molar-refractivity contribution >= 4 is 28.2 Å². The second-order valence-corrected chi connectivity index (χ2v) is 5.98. The Bertz CT molecular complexity index is 991. The maximum Gasteiger partial charge on any atom is 0.153 e. The van der Waals surface area contributed by atoms with Crippen molar-refractivity contribution < 1.29 is 0 Å². The third-order valence-corrected chi connectivity index (χ3v) is 4.01. The molecule has 0 aliphatic heterocycles. The molecule has 2 aromatic heterocycles. The fourth-order valence-electron chi connectivity index (χ4n) is 2.79. The average Bonchev–Trinajstić information content (AvgIpc) is 3.05. The van der Waals surface area contributed by atoms with E-state index in [1.807, 2.05) is 49.4 Å². The molecule has 0 unspecified atom stereocenters. The summed E-state index contributed by atoms with van der Waals surface area (Å²) in [5.74, 6) is 2.38. The van der Waals surface area contributed by atoms with E-state index in [2.05, 4.69) is 45.1 Å². The maximum atomic E-state index is 4.74. The number of aryl methyl sites for hydroxylation is 1. The molecule has 124 valence electrons. The molecule has 4 rings (SSSR count). The van der Waals surface area contributed by atoms with E-state index in [4.69, 9.17) is 4.98 Å². The minimum absolute atomic E-state index is 0.725. The zero-order valence-electron chi connectivity index (χ0n) is 14.0. The second kappa shape index (κ2) is 6.65. The van der Waals surface area contributed by atoms with E-state index in [0.717, 1.165) is 40.5 Å². The standard InChI is InChI=1S/C20H19N5/c1-14-11-19(25-24-14)22-18-12-16-9-5-6-10-17(16)20(23-18)21-13-15-7-3-2-4-8-15/h2-12H,13H2,1H3,(H3,21,22,23,24,25). The Morgan fingerprint density at radius 1 is 0.920 bits per heavy atom. The molecule has 0 saturated carbocycles. The molecule has 0 aliphatic rings. The van der Waals surface area contributed by atoms with Gasteiger partial charge in [-0.05, 0) is 23.9 Å².